The Labute approximate surface area is 93.6 Å². The summed E-state index contributed by atoms with van der Waals surface area (Å²) in [6.07, 6.45) is 1.51. The van der Waals surface area contributed by atoms with Crippen LogP contribution in [-0.2, 0) is 5.75 Å². The molecule has 0 radical (unpaired) electrons. The largest absolute Gasteiger partial charge is 0.468 e. The molecule has 0 spiro atoms. The molecule has 1 aromatic heterocycles. The first-order valence-electron chi connectivity index (χ1n) is 4.80. The summed E-state index contributed by atoms with van der Waals surface area (Å²) in [5.41, 5.74) is 2.62. The minimum atomic E-state index is -0.302. The van der Waals surface area contributed by atoms with Crippen LogP contribution in [0.15, 0.2) is 16.7 Å². The lowest BCUT2D eigenvalue weighted by Crippen LogP contribution is -2.30. The molecular weight excluding hydrogens is 212 g/mol. The number of carbonyl (C=O) groups is 1. The number of hydrazine groups is 1. The van der Waals surface area contributed by atoms with Crippen molar-refractivity contribution in [1.29, 1.82) is 0 Å². The molecule has 0 aliphatic rings. The number of rotatable bonds is 5. The van der Waals surface area contributed by atoms with Crippen LogP contribution in [0.5, 0.6) is 0 Å². The molecule has 0 saturated carbocycles. The summed E-state index contributed by atoms with van der Waals surface area (Å²) in [6.45, 7) is 4.31. The number of carbonyl (C=O) groups excluding carboxylic acids is 1. The van der Waals surface area contributed by atoms with Gasteiger partial charge in [-0.05, 0) is 17.7 Å². The maximum absolute atomic E-state index is 11.3. The van der Waals surface area contributed by atoms with Gasteiger partial charge in [0, 0.05) is 0 Å². The number of nitrogens with one attached hydrogen (secondary N) is 1. The van der Waals surface area contributed by atoms with Gasteiger partial charge >= 0.3 is 0 Å². The fourth-order valence-electron chi connectivity index (χ4n) is 1.12. The first kappa shape index (κ1) is 12.1. The van der Waals surface area contributed by atoms with Crippen LogP contribution in [0.4, 0.5) is 0 Å². The molecule has 15 heavy (non-hydrogen) atoms. The molecular formula is C10H16N2O2S. The quantitative estimate of drug-likeness (QED) is 0.458. The van der Waals surface area contributed by atoms with Gasteiger partial charge in [0.15, 0.2) is 0 Å². The normalized spacial score (nSPS) is 10.7. The van der Waals surface area contributed by atoms with Crippen molar-refractivity contribution in [2.45, 2.75) is 19.6 Å². The Morgan fingerprint density at radius 1 is 1.67 bits per heavy atom. The highest BCUT2D eigenvalue weighted by molar-refractivity contribution is 7.98. The third-order valence-electron chi connectivity index (χ3n) is 1.81. The van der Waals surface area contributed by atoms with Crippen LogP contribution in [0.2, 0.25) is 0 Å². The first-order chi connectivity index (χ1) is 7.15. The van der Waals surface area contributed by atoms with Gasteiger partial charge < -0.3 is 4.42 Å². The van der Waals surface area contributed by atoms with E-state index in [-0.39, 0.29) is 5.91 Å². The number of nitrogens with two attached hydrogens (primary N) is 1. The van der Waals surface area contributed by atoms with Crippen molar-refractivity contribution in [3.63, 3.8) is 0 Å². The number of hydrogen-bond acceptors (Lipinski definition) is 4. The summed E-state index contributed by atoms with van der Waals surface area (Å²) in [4.78, 5) is 11.3. The summed E-state index contributed by atoms with van der Waals surface area (Å²) in [5.74, 6) is 7.83. The molecule has 0 aliphatic heterocycles. The van der Waals surface area contributed by atoms with Crippen molar-refractivity contribution >= 4 is 17.7 Å². The van der Waals surface area contributed by atoms with Crippen LogP contribution < -0.4 is 11.3 Å². The van der Waals surface area contributed by atoms with Crippen molar-refractivity contribution < 1.29 is 9.21 Å². The smallest absolute Gasteiger partial charge is 0.268 e. The molecule has 1 rings (SSSR count). The van der Waals surface area contributed by atoms with Crippen LogP contribution in [0, 0.1) is 5.92 Å². The number of furan rings is 1. The van der Waals surface area contributed by atoms with Crippen LogP contribution in [0.25, 0.3) is 0 Å². The maximum Gasteiger partial charge on any atom is 0.268 e. The molecule has 1 heterocycles. The van der Waals surface area contributed by atoms with E-state index in [1.54, 1.807) is 17.8 Å². The molecule has 0 atom stereocenters. The fourth-order valence-corrected chi connectivity index (χ4v) is 2.12. The van der Waals surface area contributed by atoms with E-state index in [9.17, 15) is 4.79 Å². The summed E-state index contributed by atoms with van der Waals surface area (Å²) >= 11 is 1.75. The molecule has 4 nitrogen and oxygen atoms in total. The number of nitrogen functional groups attached to an aromatic ring is 1. The molecule has 0 aromatic carbocycles. The van der Waals surface area contributed by atoms with Crippen LogP contribution in [0.1, 0.15) is 30.0 Å². The second-order valence-electron chi connectivity index (χ2n) is 3.64. The van der Waals surface area contributed by atoms with Gasteiger partial charge in [-0.2, -0.15) is 11.8 Å². The predicted octanol–water partition coefficient (Wildman–Crippen LogP) is 1.77. The zero-order valence-corrected chi connectivity index (χ0v) is 9.76. The minimum absolute atomic E-state index is 0.302. The van der Waals surface area contributed by atoms with E-state index in [0.29, 0.717) is 23.0 Å². The Morgan fingerprint density at radius 2 is 2.40 bits per heavy atom. The van der Waals surface area contributed by atoms with Gasteiger partial charge in [-0.1, -0.05) is 13.8 Å². The van der Waals surface area contributed by atoms with Gasteiger partial charge in [0.1, 0.15) is 5.76 Å². The second kappa shape index (κ2) is 5.82. The highest BCUT2D eigenvalue weighted by Gasteiger charge is 2.13. The van der Waals surface area contributed by atoms with Gasteiger partial charge in [-0.3, -0.25) is 10.2 Å². The minimum Gasteiger partial charge on any atom is -0.468 e. The third kappa shape index (κ3) is 3.60. The van der Waals surface area contributed by atoms with Crippen LogP contribution in [0.3, 0.4) is 0 Å². The van der Waals surface area contributed by atoms with Crippen molar-refractivity contribution in [3.05, 3.63) is 23.7 Å². The summed E-state index contributed by atoms with van der Waals surface area (Å²) in [7, 11) is 0. The van der Waals surface area contributed by atoms with Crippen molar-refractivity contribution in [2.75, 3.05) is 5.75 Å². The molecule has 0 fully saturated rings. The Balaban J connectivity index is 2.54. The molecule has 0 unspecified atom stereocenters. The first-order valence-corrected chi connectivity index (χ1v) is 5.95. The molecule has 5 heteroatoms. The molecule has 84 valence electrons. The average molecular weight is 228 g/mol. The number of thioether (sulfide) groups is 1. The lowest BCUT2D eigenvalue weighted by Gasteiger charge is -2.04. The van der Waals surface area contributed by atoms with E-state index in [1.165, 1.54) is 6.26 Å². The van der Waals surface area contributed by atoms with Gasteiger partial charge in [-0.15, -0.1) is 0 Å². The lowest BCUT2D eigenvalue weighted by atomic mass is 10.2. The van der Waals surface area contributed by atoms with Gasteiger partial charge in [0.2, 0.25) is 0 Å². The molecule has 0 aliphatic carbocycles. The Hall–Kier alpha value is -0.940. The molecule has 1 aromatic rings. The van der Waals surface area contributed by atoms with E-state index in [0.717, 1.165) is 5.75 Å². The lowest BCUT2D eigenvalue weighted by molar-refractivity contribution is 0.0952. The Kier molecular flexibility index (Phi) is 4.71. The topological polar surface area (TPSA) is 68.3 Å². The van der Waals surface area contributed by atoms with Gasteiger partial charge in [0.05, 0.1) is 17.6 Å². The van der Waals surface area contributed by atoms with E-state index >= 15 is 0 Å². The van der Waals surface area contributed by atoms with Crippen molar-refractivity contribution in [2.24, 2.45) is 11.8 Å². The summed E-state index contributed by atoms with van der Waals surface area (Å²) in [6, 6.07) is 1.63. The van der Waals surface area contributed by atoms with Crippen LogP contribution in [-0.4, -0.2) is 11.7 Å². The highest BCUT2D eigenvalue weighted by Crippen LogP contribution is 2.19. The zero-order chi connectivity index (χ0) is 11.3. The van der Waals surface area contributed by atoms with E-state index in [2.05, 4.69) is 19.3 Å². The predicted molar refractivity (Wildman–Crippen MR) is 61.4 cm³/mol. The highest BCUT2D eigenvalue weighted by atomic mass is 32.2. The van der Waals surface area contributed by atoms with Gasteiger partial charge in [-0.25, -0.2) is 5.84 Å². The third-order valence-corrected chi connectivity index (χ3v) is 3.17. The average Bonchev–Trinajstić information content (AvgIpc) is 2.64. The van der Waals surface area contributed by atoms with E-state index in [1.807, 2.05) is 0 Å². The zero-order valence-electron chi connectivity index (χ0n) is 8.95. The second-order valence-corrected chi connectivity index (χ2v) is 4.67. The fraction of sp³-hybridized carbons (Fsp3) is 0.500. The summed E-state index contributed by atoms with van der Waals surface area (Å²) < 4.78 is 5.23. The molecule has 0 saturated heterocycles. The van der Waals surface area contributed by atoms with Gasteiger partial charge in [0.25, 0.3) is 5.91 Å². The Morgan fingerprint density at radius 3 is 3.00 bits per heavy atom. The molecule has 0 bridgehead atoms. The van der Waals surface area contributed by atoms with E-state index < -0.39 is 0 Å². The monoisotopic (exact) mass is 228 g/mol. The van der Waals surface area contributed by atoms with Crippen molar-refractivity contribution in [1.82, 2.24) is 5.43 Å². The number of amides is 1. The summed E-state index contributed by atoms with van der Waals surface area (Å²) in [5, 5.41) is 0. The maximum atomic E-state index is 11.3. The molecule has 3 N–H and O–H groups in total. The van der Waals surface area contributed by atoms with E-state index in [4.69, 9.17) is 10.3 Å². The molecule has 1 amide bonds. The number of hydrogen-bond donors (Lipinski definition) is 2. The van der Waals surface area contributed by atoms with Crippen molar-refractivity contribution in [3.8, 4) is 0 Å². The SMILES string of the molecule is CC(C)CSCc1occc1C(=O)NN. The standard InChI is InChI=1S/C10H16N2O2S/c1-7(2)5-15-6-9-8(3-4-14-9)10(13)12-11/h3-4,7H,5-6,11H2,1-2H3,(H,12,13). The van der Waals surface area contributed by atoms with Crippen LogP contribution >= 0.6 is 11.8 Å². The Bertz CT molecular complexity index is 323.